The van der Waals surface area contributed by atoms with Crippen molar-refractivity contribution in [1.29, 1.82) is 0 Å². The highest BCUT2D eigenvalue weighted by Crippen LogP contribution is 2.37. The average molecular weight is 241 g/mol. The number of hydrogen-bond acceptors (Lipinski definition) is 5. The third kappa shape index (κ3) is 3.07. The van der Waals surface area contributed by atoms with Crippen molar-refractivity contribution in [1.82, 2.24) is 0 Å². The van der Waals surface area contributed by atoms with E-state index in [9.17, 15) is 20.0 Å². The van der Waals surface area contributed by atoms with Gasteiger partial charge in [0.05, 0.1) is 12.0 Å². The van der Waals surface area contributed by atoms with Gasteiger partial charge in [0.15, 0.2) is 5.75 Å². The maximum Gasteiger partial charge on any atom is 0.314 e. The van der Waals surface area contributed by atoms with Crippen LogP contribution in [0.1, 0.15) is 12.0 Å². The van der Waals surface area contributed by atoms with Gasteiger partial charge < -0.3 is 14.9 Å². The minimum atomic E-state index is -1.00. The highest BCUT2D eigenvalue weighted by atomic mass is 16.6. The van der Waals surface area contributed by atoms with E-state index >= 15 is 0 Å². The van der Waals surface area contributed by atoms with Crippen molar-refractivity contribution in [3.63, 3.8) is 0 Å². The van der Waals surface area contributed by atoms with Crippen LogP contribution in [-0.4, -0.2) is 28.2 Å². The van der Waals surface area contributed by atoms with Crippen LogP contribution in [-0.2, 0) is 11.2 Å². The molecule has 1 aromatic rings. The molecule has 0 aliphatic rings. The molecular formula is C10H11NO6. The van der Waals surface area contributed by atoms with Crippen molar-refractivity contribution in [2.45, 2.75) is 12.8 Å². The van der Waals surface area contributed by atoms with E-state index in [1.165, 1.54) is 13.2 Å². The van der Waals surface area contributed by atoms with Crippen LogP contribution >= 0.6 is 0 Å². The molecule has 2 N–H and O–H groups in total. The van der Waals surface area contributed by atoms with Gasteiger partial charge in [0.25, 0.3) is 0 Å². The summed E-state index contributed by atoms with van der Waals surface area (Å²) in [4.78, 5) is 20.3. The van der Waals surface area contributed by atoms with Crippen molar-refractivity contribution in [3.8, 4) is 11.5 Å². The molecule has 0 spiro atoms. The van der Waals surface area contributed by atoms with Gasteiger partial charge >= 0.3 is 11.7 Å². The van der Waals surface area contributed by atoms with Crippen LogP contribution in [0.3, 0.4) is 0 Å². The van der Waals surface area contributed by atoms with Gasteiger partial charge in [-0.1, -0.05) is 0 Å². The van der Waals surface area contributed by atoms with Gasteiger partial charge in [0.2, 0.25) is 5.75 Å². The zero-order valence-electron chi connectivity index (χ0n) is 9.04. The van der Waals surface area contributed by atoms with E-state index in [1.54, 1.807) is 0 Å². The Morgan fingerprint density at radius 1 is 1.53 bits per heavy atom. The maximum absolute atomic E-state index is 10.7. The number of carboxylic acid groups (broad SMARTS) is 1. The first-order valence-corrected chi connectivity index (χ1v) is 4.71. The second-order valence-electron chi connectivity index (χ2n) is 3.32. The molecule has 17 heavy (non-hydrogen) atoms. The van der Waals surface area contributed by atoms with Crippen molar-refractivity contribution in [2.24, 2.45) is 0 Å². The molecule has 0 heterocycles. The molecule has 7 nitrogen and oxygen atoms in total. The number of carbonyl (C=O) groups is 1. The number of aromatic hydroxyl groups is 1. The van der Waals surface area contributed by atoms with E-state index in [1.807, 2.05) is 0 Å². The molecule has 92 valence electrons. The number of benzene rings is 1. The standard InChI is InChI=1S/C10H11NO6/c1-17-8-5-6(2-3-9(12)13)4-7(10(8)14)11(15)16/h4-5,14H,2-3H2,1H3,(H,12,13). The number of ether oxygens (including phenoxy) is 1. The van der Waals surface area contributed by atoms with E-state index in [0.29, 0.717) is 5.56 Å². The number of methoxy groups -OCH3 is 1. The molecule has 0 radical (unpaired) electrons. The molecule has 0 atom stereocenters. The van der Waals surface area contributed by atoms with Gasteiger partial charge in [0, 0.05) is 12.5 Å². The predicted octanol–water partition coefficient (Wildman–Crippen LogP) is 1.33. The molecule has 0 bridgehead atoms. The summed E-state index contributed by atoms with van der Waals surface area (Å²) in [7, 11) is 1.26. The molecule has 0 aliphatic heterocycles. The van der Waals surface area contributed by atoms with E-state index in [2.05, 4.69) is 0 Å². The number of phenolic OH excluding ortho intramolecular Hbond substituents is 1. The van der Waals surface area contributed by atoms with Crippen LogP contribution in [0.15, 0.2) is 12.1 Å². The Morgan fingerprint density at radius 2 is 2.18 bits per heavy atom. The summed E-state index contributed by atoms with van der Waals surface area (Å²) in [5.41, 5.74) is -0.0708. The summed E-state index contributed by atoms with van der Waals surface area (Å²) in [6.07, 6.45) is -0.0160. The van der Waals surface area contributed by atoms with Crippen LogP contribution in [0.25, 0.3) is 0 Å². The topological polar surface area (TPSA) is 110 Å². The second-order valence-corrected chi connectivity index (χ2v) is 3.32. The first-order valence-electron chi connectivity index (χ1n) is 4.71. The van der Waals surface area contributed by atoms with Crippen molar-refractivity contribution >= 4 is 11.7 Å². The molecule has 0 fully saturated rings. The lowest BCUT2D eigenvalue weighted by atomic mass is 10.1. The maximum atomic E-state index is 10.7. The molecule has 0 unspecified atom stereocenters. The first kappa shape index (κ1) is 12.8. The number of aliphatic carboxylic acids is 1. The third-order valence-corrected chi connectivity index (χ3v) is 2.16. The van der Waals surface area contributed by atoms with Crippen LogP contribution in [0.4, 0.5) is 5.69 Å². The largest absolute Gasteiger partial charge is 0.500 e. The zero-order valence-corrected chi connectivity index (χ0v) is 9.04. The molecule has 7 heteroatoms. The Kier molecular flexibility index (Phi) is 3.86. The lowest BCUT2D eigenvalue weighted by Gasteiger charge is -2.06. The van der Waals surface area contributed by atoms with Gasteiger partial charge in [0.1, 0.15) is 0 Å². The minimum Gasteiger partial charge on any atom is -0.500 e. The van der Waals surface area contributed by atoms with E-state index < -0.39 is 22.3 Å². The molecule has 0 aromatic heterocycles. The van der Waals surface area contributed by atoms with Crippen molar-refractivity contribution < 1.29 is 24.7 Å². The fraction of sp³-hybridized carbons (Fsp3) is 0.300. The highest BCUT2D eigenvalue weighted by Gasteiger charge is 2.19. The summed E-state index contributed by atoms with van der Waals surface area (Å²) in [6, 6.07) is 2.52. The lowest BCUT2D eigenvalue weighted by Crippen LogP contribution is -1.99. The third-order valence-electron chi connectivity index (χ3n) is 2.16. The van der Waals surface area contributed by atoms with Crippen molar-refractivity contribution in [2.75, 3.05) is 7.11 Å². The number of aryl methyl sites for hydroxylation is 1. The normalized spacial score (nSPS) is 9.94. The quantitative estimate of drug-likeness (QED) is 0.594. The van der Waals surface area contributed by atoms with Gasteiger partial charge in [-0.05, 0) is 18.1 Å². The Bertz CT molecular complexity index is 456. The Labute approximate surface area is 96.4 Å². The lowest BCUT2D eigenvalue weighted by molar-refractivity contribution is -0.386. The molecule has 1 aromatic carbocycles. The summed E-state index contributed by atoms with van der Waals surface area (Å²) in [6.45, 7) is 0. The molecule has 0 saturated heterocycles. The monoisotopic (exact) mass is 241 g/mol. The van der Waals surface area contributed by atoms with Crippen LogP contribution in [0, 0.1) is 10.1 Å². The fourth-order valence-electron chi connectivity index (χ4n) is 1.34. The minimum absolute atomic E-state index is 0.0420. The number of nitro groups is 1. The zero-order chi connectivity index (χ0) is 13.0. The molecular weight excluding hydrogens is 230 g/mol. The molecule has 0 amide bonds. The van der Waals surface area contributed by atoms with Crippen LogP contribution in [0.2, 0.25) is 0 Å². The van der Waals surface area contributed by atoms with E-state index in [4.69, 9.17) is 9.84 Å². The molecule has 0 saturated carbocycles. The number of rotatable bonds is 5. The fourth-order valence-corrected chi connectivity index (χ4v) is 1.34. The van der Waals surface area contributed by atoms with Gasteiger partial charge in [-0.25, -0.2) is 0 Å². The summed E-state index contributed by atoms with van der Waals surface area (Å²) < 4.78 is 4.78. The SMILES string of the molecule is COc1cc(CCC(=O)O)cc([N+](=O)[O-])c1O. The van der Waals surface area contributed by atoms with Crippen LogP contribution in [0.5, 0.6) is 11.5 Å². The first-order chi connectivity index (χ1) is 7.95. The number of hydrogen-bond donors (Lipinski definition) is 2. The predicted molar refractivity (Wildman–Crippen MR) is 57.3 cm³/mol. The second kappa shape index (κ2) is 5.15. The summed E-state index contributed by atoms with van der Waals surface area (Å²) in [5, 5.41) is 28.7. The number of nitro benzene ring substituents is 1. The smallest absolute Gasteiger partial charge is 0.314 e. The Balaban J connectivity index is 3.11. The summed E-state index contributed by atoms with van der Waals surface area (Å²) >= 11 is 0. The number of nitrogens with zero attached hydrogens (tertiary/aromatic N) is 1. The average Bonchev–Trinajstić information content (AvgIpc) is 2.27. The van der Waals surface area contributed by atoms with Gasteiger partial charge in [-0.3, -0.25) is 14.9 Å². The van der Waals surface area contributed by atoms with Crippen LogP contribution < -0.4 is 4.74 Å². The van der Waals surface area contributed by atoms with E-state index in [-0.39, 0.29) is 18.6 Å². The van der Waals surface area contributed by atoms with Crippen molar-refractivity contribution in [3.05, 3.63) is 27.8 Å². The number of carboxylic acids is 1. The molecule has 0 aliphatic carbocycles. The highest BCUT2D eigenvalue weighted by molar-refractivity contribution is 5.67. The van der Waals surface area contributed by atoms with Gasteiger partial charge in [-0.15, -0.1) is 0 Å². The van der Waals surface area contributed by atoms with Gasteiger partial charge in [-0.2, -0.15) is 0 Å². The summed E-state index contributed by atoms with van der Waals surface area (Å²) in [5.74, 6) is -1.60. The van der Waals surface area contributed by atoms with E-state index in [0.717, 1.165) is 6.07 Å². The number of phenols is 1. The Morgan fingerprint density at radius 3 is 2.65 bits per heavy atom. The Hall–Kier alpha value is -2.31. The molecule has 1 rings (SSSR count).